The van der Waals surface area contributed by atoms with E-state index in [1.165, 1.54) is 43.4 Å². The van der Waals surface area contributed by atoms with Crippen molar-refractivity contribution in [3.8, 4) is 0 Å². The first-order valence-electron chi connectivity index (χ1n) is 19.0. The Labute approximate surface area is 307 Å². The van der Waals surface area contributed by atoms with E-state index < -0.39 is 36.0 Å². The summed E-state index contributed by atoms with van der Waals surface area (Å²) < 4.78 is 11.0. The zero-order chi connectivity index (χ0) is 37.0. The summed E-state index contributed by atoms with van der Waals surface area (Å²) in [6.07, 6.45) is 10.5. The van der Waals surface area contributed by atoms with Gasteiger partial charge < -0.3 is 35.6 Å². The van der Waals surface area contributed by atoms with Gasteiger partial charge in [-0.25, -0.2) is 4.79 Å². The Bertz CT molecular complexity index is 1520. The number of methoxy groups -OCH3 is 1. The van der Waals surface area contributed by atoms with Crippen molar-refractivity contribution in [2.75, 3.05) is 39.9 Å². The normalized spacial score (nSPS) is 23.7. The average molecular weight is 718 g/mol. The number of benzene rings is 2. The zero-order valence-corrected chi connectivity index (χ0v) is 30.6. The van der Waals surface area contributed by atoms with Crippen LogP contribution in [-0.2, 0) is 19.1 Å². The van der Waals surface area contributed by atoms with Crippen LogP contribution in [-0.4, -0.2) is 97.6 Å². The lowest BCUT2D eigenvalue weighted by molar-refractivity contribution is -0.131. The third-order valence-corrected chi connectivity index (χ3v) is 10.7. The van der Waals surface area contributed by atoms with E-state index in [9.17, 15) is 24.0 Å². The van der Waals surface area contributed by atoms with E-state index in [4.69, 9.17) is 15.2 Å². The van der Waals surface area contributed by atoms with Crippen LogP contribution in [0.2, 0.25) is 0 Å². The van der Waals surface area contributed by atoms with Crippen molar-refractivity contribution in [2.24, 2.45) is 17.6 Å². The van der Waals surface area contributed by atoms with Crippen LogP contribution < -0.4 is 16.4 Å². The second-order valence-corrected chi connectivity index (χ2v) is 14.5. The first-order chi connectivity index (χ1) is 25.2. The van der Waals surface area contributed by atoms with E-state index in [-0.39, 0.29) is 55.9 Å². The first-order valence-corrected chi connectivity index (χ1v) is 19.0. The molecule has 1 saturated carbocycles. The number of unbranched alkanes of at least 4 members (excludes halogenated alkanes) is 8. The number of alkyl carbamates (subject to hydrolysis) is 1. The highest BCUT2D eigenvalue weighted by atomic mass is 16.5. The molecule has 6 atom stereocenters. The number of carbonyl (C=O) groups is 5. The lowest BCUT2D eigenvalue weighted by Crippen LogP contribution is -2.44. The Hall–Kier alpha value is -4.45. The SMILES string of the molecule is CCCCCCCCCCCOC(=O)N[C@H]1CN(C(=O)c2ccc(C(=O)N3C[C@@H](C(N)=O)[C@H](C(=O)N[C@H]4C[C@@H]4c4ccccc4)C3)cc2)C[C@@H]1OC. The molecule has 2 saturated heterocycles. The molecule has 52 heavy (non-hydrogen) atoms. The van der Waals surface area contributed by atoms with Gasteiger partial charge in [0.2, 0.25) is 11.8 Å². The van der Waals surface area contributed by atoms with Gasteiger partial charge in [-0.2, -0.15) is 0 Å². The summed E-state index contributed by atoms with van der Waals surface area (Å²) in [5.74, 6) is -2.80. The predicted molar refractivity (Wildman–Crippen MR) is 196 cm³/mol. The molecule has 2 aromatic carbocycles. The maximum absolute atomic E-state index is 13.5. The van der Waals surface area contributed by atoms with Gasteiger partial charge in [-0.15, -0.1) is 0 Å². The summed E-state index contributed by atoms with van der Waals surface area (Å²) in [5.41, 5.74) is 7.55. The lowest BCUT2D eigenvalue weighted by atomic mass is 9.94. The fraction of sp³-hybridized carbons (Fsp3) is 0.575. The first kappa shape index (κ1) is 38.8. The number of primary amides is 1. The third kappa shape index (κ3) is 10.3. The van der Waals surface area contributed by atoms with Gasteiger partial charge in [0.15, 0.2) is 0 Å². The minimum absolute atomic E-state index is 0.0118. The van der Waals surface area contributed by atoms with Gasteiger partial charge in [-0.1, -0.05) is 88.6 Å². The third-order valence-electron chi connectivity index (χ3n) is 10.7. The molecular weight excluding hydrogens is 662 g/mol. The molecule has 3 aliphatic rings. The molecule has 4 N–H and O–H groups in total. The van der Waals surface area contributed by atoms with Crippen molar-refractivity contribution in [3.05, 3.63) is 71.3 Å². The number of nitrogens with two attached hydrogens (primary N) is 1. The smallest absolute Gasteiger partial charge is 0.407 e. The Balaban J connectivity index is 1.06. The standard InChI is InChI=1S/C40H55N5O7/c1-3-4-5-6-7-8-9-10-14-21-52-40(50)43-34-25-45(26-35(34)51-2)39(49)29-19-17-28(18-20-29)38(48)44-23-31(36(41)46)32(24-44)37(47)42-33-22-30(33)27-15-12-11-13-16-27/h11-13,15-20,30-35H,3-10,14,21-26H2,1-2H3,(H2,41,46)(H,42,47)(H,43,50)/t30-,31-,32-,33+,34+,35+/m1/s1. The van der Waals surface area contributed by atoms with Crippen molar-refractivity contribution in [2.45, 2.75) is 95.2 Å². The quantitative estimate of drug-likeness (QED) is 0.190. The molecule has 1 aliphatic carbocycles. The highest BCUT2D eigenvalue weighted by Gasteiger charge is 2.46. The minimum Gasteiger partial charge on any atom is -0.450 e. The van der Waals surface area contributed by atoms with Crippen LogP contribution in [0.25, 0.3) is 0 Å². The van der Waals surface area contributed by atoms with E-state index in [0.29, 0.717) is 17.7 Å². The van der Waals surface area contributed by atoms with Crippen molar-refractivity contribution in [3.63, 3.8) is 0 Å². The Morgan fingerprint density at radius 1 is 0.712 bits per heavy atom. The summed E-state index contributed by atoms with van der Waals surface area (Å²) in [6.45, 7) is 3.23. The van der Waals surface area contributed by atoms with Crippen LogP contribution in [0.1, 0.15) is 103 Å². The molecule has 3 fully saturated rings. The maximum Gasteiger partial charge on any atom is 0.407 e. The molecule has 0 aromatic heterocycles. The maximum atomic E-state index is 13.5. The van der Waals surface area contributed by atoms with Crippen molar-refractivity contribution in [1.82, 2.24) is 20.4 Å². The number of hydrogen-bond acceptors (Lipinski definition) is 7. The molecule has 0 spiro atoms. The lowest BCUT2D eigenvalue weighted by Gasteiger charge is -2.18. The highest BCUT2D eigenvalue weighted by Crippen LogP contribution is 2.41. The van der Waals surface area contributed by atoms with E-state index in [2.05, 4.69) is 17.6 Å². The fourth-order valence-electron chi connectivity index (χ4n) is 7.44. The predicted octanol–water partition coefficient (Wildman–Crippen LogP) is 4.63. The summed E-state index contributed by atoms with van der Waals surface area (Å²) in [6, 6.07) is 15.8. The van der Waals surface area contributed by atoms with Crippen LogP contribution in [0.4, 0.5) is 4.79 Å². The largest absolute Gasteiger partial charge is 0.450 e. The molecule has 2 aromatic rings. The topological polar surface area (TPSA) is 160 Å². The summed E-state index contributed by atoms with van der Waals surface area (Å²) in [5, 5.41) is 5.91. The highest BCUT2D eigenvalue weighted by molar-refractivity contribution is 5.99. The molecule has 0 radical (unpaired) electrons. The Kier molecular flexibility index (Phi) is 14.1. The number of nitrogens with zero attached hydrogens (tertiary/aromatic N) is 2. The molecule has 12 heteroatoms. The summed E-state index contributed by atoms with van der Waals surface area (Å²) in [4.78, 5) is 68.1. The van der Waals surface area contributed by atoms with Gasteiger partial charge in [0.1, 0.15) is 0 Å². The Morgan fingerprint density at radius 3 is 1.88 bits per heavy atom. The van der Waals surface area contributed by atoms with Gasteiger partial charge in [-0.3, -0.25) is 19.2 Å². The van der Waals surface area contributed by atoms with Crippen LogP contribution in [0.5, 0.6) is 0 Å². The minimum atomic E-state index is -0.795. The van der Waals surface area contributed by atoms with E-state index in [0.717, 1.165) is 31.2 Å². The van der Waals surface area contributed by atoms with Gasteiger partial charge in [0, 0.05) is 56.4 Å². The number of rotatable bonds is 18. The number of likely N-dealkylation sites (tertiary alicyclic amines) is 2. The van der Waals surface area contributed by atoms with Crippen molar-refractivity contribution < 1.29 is 33.4 Å². The number of hydrogen-bond donors (Lipinski definition) is 3. The molecule has 5 rings (SSSR count). The van der Waals surface area contributed by atoms with Crippen molar-refractivity contribution >= 4 is 29.7 Å². The van der Waals surface area contributed by atoms with Gasteiger partial charge >= 0.3 is 6.09 Å². The second kappa shape index (κ2) is 18.9. The van der Waals surface area contributed by atoms with Gasteiger partial charge in [0.25, 0.3) is 11.8 Å². The van der Waals surface area contributed by atoms with Crippen molar-refractivity contribution in [1.29, 1.82) is 0 Å². The van der Waals surface area contributed by atoms with Crippen LogP contribution in [0.15, 0.2) is 54.6 Å². The fourth-order valence-corrected chi connectivity index (χ4v) is 7.44. The van der Waals surface area contributed by atoms with Crippen LogP contribution >= 0.6 is 0 Å². The second-order valence-electron chi connectivity index (χ2n) is 14.5. The summed E-state index contributed by atoms with van der Waals surface area (Å²) >= 11 is 0. The van der Waals surface area contributed by atoms with Gasteiger partial charge in [0.05, 0.1) is 30.6 Å². The molecule has 2 aliphatic heterocycles. The molecule has 12 nitrogen and oxygen atoms in total. The summed E-state index contributed by atoms with van der Waals surface area (Å²) in [7, 11) is 1.55. The van der Waals surface area contributed by atoms with Crippen LogP contribution in [0, 0.1) is 11.8 Å². The molecule has 2 heterocycles. The zero-order valence-electron chi connectivity index (χ0n) is 30.6. The number of carbonyl (C=O) groups excluding carboxylic acids is 5. The monoisotopic (exact) mass is 717 g/mol. The van der Waals surface area contributed by atoms with Gasteiger partial charge in [-0.05, 0) is 42.7 Å². The number of nitrogens with one attached hydrogen (secondary N) is 2. The van der Waals surface area contributed by atoms with E-state index in [1.54, 1.807) is 36.3 Å². The number of amides is 5. The van der Waals surface area contributed by atoms with Crippen LogP contribution in [0.3, 0.4) is 0 Å². The average Bonchev–Trinajstić information content (AvgIpc) is 3.56. The molecule has 0 unspecified atom stereocenters. The van der Waals surface area contributed by atoms with E-state index >= 15 is 0 Å². The molecular formula is C40H55N5O7. The van der Waals surface area contributed by atoms with E-state index in [1.807, 2.05) is 30.3 Å². The molecule has 282 valence electrons. The Morgan fingerprint density at radius 2 is 1.29 bits per heavy atom. The number of ether oxygens (including phenoxy) is 2. The molecule has 5 amide bonds. The molecule has 0 bridgehead atoms.